The third-order valence-corrected chi connectivity index (χ3v) is 4.01. The lowest BCUT2D eigenvalue weighted by atomic mass is 10.1. The molecule has 2 heterocycles. The second-order valence-electron chi connectivity index (χ2n) is 5.01. The molecule has 3 aromatic rings. The molecule has 0 aliphatic carbocycles. The maximum absolute atomic E-state index is 13.4. The van der Waals surface area contributed by atoms with Gasteiger partial charge in [-0.2, -0.15) is 0 Å². The summed E-state index contributed by atoms with van der Waals surface area (Å²) < 4.78 is 24.3. The van der Waals surface area contributed by atoms with Crippen LogP contribution in [0.25, 0.3) is 17.2 Å². The van der Waals surface area contributed by atoms with Crippen LogP contribution < -0.4 is 11.5 Å². The minimum Gasteiger partial charge on any atom is -0.330 e. The molecule has 2 aromatic heterocycles. The molecular formula is C14H14BrFIN5O3. The summed E-state index contributed by atoms with van der Waals surface area (Å²) in [6.45, 7) is 0.568. The summed E-state index contributed by atoms with van der Waals surface area (Å²) in [7, 11) is 0. The van der Waals surface area contributed by atoms with Crippen LogP contribution in [-0.2, 0) is 6.42 Å². The molecular weight excluding hydrogens is 512 g/mol. The molecule has 0 spiro atoms. The first kappa shape index (κ1) is 19.7. The maximum atomic E-state index is 13.4. The summed E-state index contributed by atoms with van der Waals surface area (Å²) in [5, 5.41) is 11.4. The highest BCUT2D eigenvalue weighted by Gasteiger charge is 2.22. The Morgan fingerprint density at radius 1 is 1.24 bits per heavy atom. The molecule has 3 rings (SSSR count). The summed E-state index contributed by atoms with van der Waals surface area (Å²) in [5.74, 6) is -1.03. The number of nitrogens with zero attached hydrogens (tertiary/aromatic N) is 4. The van der Waals surface area contributed by atoms with E-state index < -0.39 is 11.6 Å². The van der Waals surface area contributed by atoms with Crippen molar-refractivity contribution in [1.29, 1.82) is 0 Å². The van der Waals surface area contributed by atoms with Crippen molar-refractivity contribution in [2.45, 2.75) is 19.3 Å². The Hall–Kier alpha value is -1.60. The van der Waals surface area contributed by atoms with E-state index in [1.807, 2.05) is 0 Å². The van der Waals surface area contributed by atoms with Gasteiger partial charge < -0.3 is 5.73 Å². The molecule has 0 unspecified atom stereocenters. The first-order chi connectivity index (χ1) is 11.6. The van der Waals surface area contributed by atoms with Gasteiger partial charge in [-0.25, -0.2) is 18.4 Å². The predicted molar refractivity (Wildman–Crippen MR) is 100 cm³/mol. The maximum Gasteiger partial charge on any atom is 0.446 e. The van der Waals surface area contributed by atoms with E-state index in [1.54, 1.807) is 0 Å². The van der Waals surface area contributed by atoms with Gasteiger partial charge in [-0.3, -0.25) is 4.52 Å². The molecule has 0 saturated heterocycles. The minimum atomic E-state index is -0.723. The number of aromatic nitrogens is 4. The van der Waals surface area contributed by atoms with E-state index in [9.17, 15) is 9.18 Å². The van der Waals surface area contributed by atoms with Gasteiger partial charge in [0.05, 0.1) is 10.2 Å². The molecule has 2 N–H and O–H groups in total. The second-order valence-corrected chi connectivity index (χ2v) is 5.87. The van der Waals surface area contributed by atoms with E-state index in [0.29, 0.717) is 30.0 Å². The second kappa shape index (κ2) is 8.67. The molecule has 0 radical (unpaired) electrons. The summed E-state index contributed by atoms with van der Waals surface area (Å²) in [6.07, 6.45) is 2.19. The fourth-order valence-corrected chi connectivity index (χ4v) is 2.60. The van der Waals surface area contributed by atoms with E-state index in [-0.39, 0.29) is 34.3 Å². The van der Waals surface area contributed by atoms with Gasteiger partial charge in [0.15, 0.2) is 5.69 Å². The smallest absolute Gasteiger partial charge is 0.330 e. The lowest BCUT2D eigenvalue weighted by Gasteiger charge is -2.04. The number of nitrogens with two attached hydrogens (primary N) is 1. The van der Waals surface area contributed by atoms with Crippen LogP contribution >= 0.6 is 39.9 Å². The molecule has 25 heavy (non-hydrogen) atoms. The van der Waals surface area contributed by atoms with Crippen molar-refractivity contribution < 1.29 is 13.5 Å². The van der Waals surface area contributed by atoms with E-state index in [2.05, 4.69) is 31.4 Å². The fourth-order valence-electron chi connectivity index (χ4n) is 2.23. The number of aryl methyl sites for hydroxylation is 1. The van der Waals surface area contributed by atoms with Crippen molar-refractivity contribution in [3.8, 4) is 17.2 Å². The number of hydrogen-bond acceptors (Lipinski definition) is 7. The standard InChI is InChI=1S/C14H13BrFN5O3.HI/c15-9-7-8(4-5-10(9)16)21-13(20-23-14(21)22)12-11(18-24-19-12)3-1-2-6-17;/h4-5,7H,1-3,6,17H2;1H. The largest absolute Gasteiger partial charge is 0.446 e. The summed E-state index contributed by atoms with van der Waals surface area (Å²) in [6, 6.07) is 4.11. The molecule has 134 valence electrons. The van der Waals surface area contributed by atoms with Crippen LogP contribution in [0.5, 0.6) is 0 Å². The van der Waals surface area contributed by atoms with Gasteiger partial charge in [-0.05, 0) is 65.1 Å². The molecule has 0 saturated carbocycles. The van der Waals surface area contributed by atoms with Crippen LogP contribution in [0.2, 0.25) is 0 Å². The summed E-state index contributed by atoms with van der Waals surface area (Å²) in [5.41, 5.74) is 6.71. The lowest BCUT2D eigenvalue weighted by molar-refractivity contribution is 0.303. The zero-order valence-corrected chi connectivity index (χ0v) is 16.7. The van der Waals surface area contributed by atoms with E-state index >= 15 is 0 Å². The zero-order chi connectivity index (χ0) is 17.1. The number of hydrogen-bond donors (Lipinski definition) is 1. The average molecular weight is 526 g/mol. The summed E-state index contributed by atoms with van der Waals surface area (Å²) >= 11 is 3.09. The van der Waals surface area contributed by atoms with Crippen molar-refractivity contribution in [2.24, 2.45) is 5.73 Å². The number of rotatable bonds is 6. The quantitative estimate of drug-likeness (QED) is 0.389. The molecule has 11 heteroatoms. The molecule has 1 aromatic carbocycles. The number of benzene rings is 1. The molecule has 0 atom stereocenters. The highest BCUT2D eigenvalue weighted by atomic mass is 127. The van der Waals surface area contributed by atoms with Crippen molar-refractivity contribution in [1.82, 2.24) is 20.0 Å². The number of unbranched alkanes of at least 4 members (excludes halogenated alkanes) is 1. The lowest BCUT2D eigenvalue weighted by Crippen LogP contribution is -2.14. The Kier molecular flexibility index (Phi) is 6.84. The van der Waals surface area contributed by atoms with Crippen LogP contribution in [0, 0.1) is 5.82 Å². The highest BCUT2D eigenvalue weighted by molar-refractivity contribution is 14.0. The average Bonchev–Trinajstić information content (AvgIpc) is 3.17. The Labute approximate surface area is 166 Å². The molecule has 0 amide bonds. The van der Waals surface area contributed by atoms with Crippen LogP contribution in [0.15, 0.2) is 36.6 Å². The Morgan fingerprint density at radius 3 is 2.76 bits per heavy atom. The van der Waals surface area contributed by atoms with Gasteiger partial charge >= 0.3 is 5.76 Å². The van der Waals surface area contributed by atoms with Crippen LogP contribution in [0.4, 0.5) is 4.39 Å². The molecule has 8 nitrogen and oxygen atoms in total. The van der Waals surface area contributed by atoms with Gasteiger partial charge in [-0.15, -0.1) is 24.0 Å². The van der Waals surface area contributed by atoms with Gasteiger partial charge in [0, 0.05) is 0 Å². The monoisotopic (exact) mass is 525 g/mol. The molecule has 0 fully saturated rings. The van der Waals surface area contributed by atoms with Crippen molar-refractivity contribution >= 4 is 39.9 Å². The van der Waals surface area contributed by atoms with Crippen LogP contribution in [0.1, 0.15) is 18.5 Å². The number of halogens is 3. The summed E-state index contributed by atoms with van der Waals surface area (Å²) in [4.78, 5) is 12.0. The first-order valence-electron chi connectivity index (χ1n) is 7.18. The molecule has 0 bridgehead atoms. The highest BCUT2D eigenvalue weighted by Crippen LogP contribution is 2.24. The van der Waals surface area contributed by atoms with Crippen molar-refractivity contribution in [3.05, 3.63) is 44.7 Å². The molecule has 0 aliphatic heterocycles. The first-order valence-corrected chi connectivity index (χ1v) is 7.97. The normalized spacial score (nSPS) is 10.7. The van der Waals surface area contributed by atoms with Crippen molar-refractivity contribution in [3.63, 3.8) is 0 Å². The molecule has 0 aliphatic rings. The van der Waals surface area contributed by atoms with E-state index in [1.165, 1.54) is 22.8 Å². The Balaban J connectivity index is 0.00000225. The predicted octanol–water partition coefficient (Wildman–Crippen LogP) is 2.68. The van der Waals surface area contributed by atoms with Crippen LogP contribution in [-0.4, -0.2) is 26.6 Å². The van der Waals surface area contributed by atoms with E-state index in [0.717, 1.165) is 12.8 Å². The van der Waals surface area contributed by atoms with Gasteiger partial charge in [0.2, 0.25) is 5.82 Å². The van der Waals surface area contributed by atoms with E-state index in [4.69, 9.17) is 14.9 Å². The zero-order valence-electron chi connectivity index (χ0n) is 12.8. The Morgan fingerprint density at radius 2 is 2.04 bits per heavy atom. The third-order valence-electron chi connectivity index (χ3n) is 3.40. The van der Waals surface area contributed by atoms with Gasteiger partial charge in [0.1, 0.15) is 11.5 Å². The van der Waals surface area contributed by atoms with Crippen molar-refractivity contribution in [2.75, 3.05) is 6.54 Å². The minimum absolute atomic E-state index is 0. The van der Waals surface area contributed by atoms with Gasteiger partial charge in [0.25, 0.3) is 0 Å². The third kappa shape index (κ3) is 4.15. The fraction of sp³-hybridized carbons (Fsp3) is 0.286. The van der Waals surface area contributed by atoms with Crippen LogP contribution in [0.3, 0.4) is 0 Å². The SMILES string of the molecule is I.NCCCCc1nonc1-c1noc(=O)n1-c1ccc(F)c(Br)c1. The van der Waals surface area contributed by atoms with Gasteiger partial charge in [-0.1, -0.05) is 10.3 Å². The Bertz CT molecular complexity index is 910. The topological polar surface area (TPSA) is 113 Å².